The van der Waals surface area contributed by atoms with Gasteiger partial charge in [-0.3, -0.25) is 9.69 Å². The number of hydrogen-bond acceptors (Lipinski definition) is 3. The Hall–Kier alpha value is -2.93. The van der Waals surface area contributed by atoms with Gasteiger partial charge in [0.25, 0.3) is 5.91 Å². The van der Waals surface area contributed by atoms with E-state index in [9.17, 15) is 14.0 Å². The number of halogens is 2. The van der Waals surface area contributed by atoms with E-state index in [1.165, 1.54) is 12.1 Å². The predicted octanol–water partition coefficient (Wildman–Crippen LogP) is 4.25. The van der Waals surface area contributed by atoms with Crippen molar-refractivity contribution in [2.24, 2.45) is 0 Å². The number of carbonyl (C=O) groups excluding carboxylic acids is 2. The molecule has 0 saturated carbocycles. The van der Waals surface area contributed by atoms with E-state index in [4.69, 9.17) is 4.74 Å². The summed E-state index contributed by atoms with van der Waals surface area (Å²) in [4.78, 5) is 25.1. The van der Waals surface area contributed by atoms with Crippen LogP contribution >= 0.6 is 15.9 Å². The molecule has 0 atom stereocenters. The third-order valence-corrected chi connectivity index (χ3v) is 4.50. The third kappa shape index (κ3) is 4.25. The second-order valence-electron chi connectivity index (χ2n) is 5.76. The van der Waals surface area contributed by atoms with Crippen molar-refractivity contribution in [3.63, 3.8) is 0 Å². The lowest BCUT2D eigenvalue weighted by Crippen LogP contribution is -2.30. The summed E-state index contributed by atoms with van der Waals surface area (Å²) < 4.78 is 20.0. The van der Waals surface area contributed by atoms with E-state index in [0.717, 1.165) is 4.90 Å². The summed E-state index contributed by atoms with van der Waals surface area (Å²) in [5.41, 5.74) is 1.34. The fourth-order valence-corrected chi connectivity index (χ4v) is 3.04. The van der Waals surface area contributed by atoms with Gasteiger partial charge in [-0.05, 0) is 45.8 Å². The smallest absolute Gasteiger partial charge is 0.329 e. The van der Waals surface area contributed by atoms with Gasteiger partial charge in [0.15, 0.2) is 0 Å². The van der Waals surface area contributed by atoms with Crippen LogP contribution in [-0.4, -0.2) is 23.4 Å². The van der Waals surface area contributed by atoms with Crippen molar-refractivity contribution in [2.75, 3.05) is 6.54 Å². The molecule has 3 amide bonds. The van der Waals surface area contributed by atoms with Gasteiger partial charge in [0.2, 0.25) is 0 Å². The second-order valence-corrected chi connectivity index (χ2v) is 6.62. The monoisotopic (exact) mass is 430 g/mol. The van der Waals surface area contributed by atoms with Gasteiger partial charge in [-0.1, -0.05) is 30.3 Å². The van der Waals surface area contributed by atoms with E-state index < -0.39 is 11.9 Å². The van der Waals surface area contributed by atoms with E-state index in [-0.39, 0.29) is 24.7 Å². The Bertz CT molecular complexity index is 943. The van der Waals surface area contributed by atoms with E-state index in [0.29, 0.717) is 21.3 Å². The van der Waals surface area contributed by atoms with Crippen LogP contribution in [0.25, 0.3) is 6.08 Å². The molecule has 1 N–H and O–H groups in total. The zero-order valence-electron chi connectivity index (χ0n) is 14.2. The van der Waals surface area contributed by atoms with Crippen LogP contribution in [0.3, 0.4) is 0 Å². The number of carbonyl (C=O) groups is 2. The Morgan fingerprint density at radius 3 is 2.70 bits per heavy atom. The zero-order chi connectivity index (χ0) is 19.4. The lowest BCUT2D eigenvalue weighted by Gasteiger charge is -2.10. The van der Waals surface area contributed by atoms with Crippen LogP contribution in [-0.2, 0) is 11.4 Å². The molecule has 1 saturated heterocycles. The molecule has 1 aliphatic heterocycles. The van der Waals surface area contributed by atoms with E-state index in [1.807, 2.05) is 0 Å². The minimum absolute atomic E-state index is 0.0940. The Morgan fingerprint density at radius 2 is 2.00 bits per heavy atom. The fourth-order valence-electron chi connectivity index (χ4n) is 2.53. The first kappa shape index (κ1) is 18.8. The molecule has 0 unspecified atom stereocenters. The quantitative estimate of drug-likeness (QED) is 0.423. The number of amides is 3. The number of benzene rings is 2. The first-order chi connectivity index (χ1) is 13.0. The van der Waals surface area contributed by atoms with Crippen molar-refractivity contribution in [3.8, 4) is 5.75 Å². The molecule has 2 aromatic rings. The summed E-state index contributed by atoms with van der Waals surface area (Å²) in [7, 11) is 0. The molecule has 1 aliphatic rings. The number of nitrogens with zero attached hydrogens (tertiary/aromatic N) is 1. The third-order valence-electron chi connectivity index (χ3n) is 3.88. The van der Waals surface area contributed by atoms with E-state index >= 15 is 0 Å². The van der Waals surface area contributed by atoms with Gasteiger partial charge in [0.1, 0.15) is 23.9 Å². The van der Waals surface area contributed by atoms with E-state index in [1.54, 1.807) is 42.5 Å². The molecule has 2 aromatic carbocycles. The standard InChI is InChI=1S/C20H16BrFN2O3/c1-2-9-24-19(25)17(23-20(24)26)11-13-7-8-18(15(21)10-13)27-12-14-5-3-4-6-16(14)22/h2-8,10-11H,1,9,12H2,(H,23,26)/b17-11+. The molecule has 0 radical (unpaired) electrons. The number of rotatable bonds is 6. The van der Waals surface area contributed by atoms with Crippen LogP contribution in [0.1, 0.15) is 11.1 Å². The largest absolute Gasteiger partial charge is 0.488 e. The molecule has 7 heteroatoms. The highest BCUT2D eigenvalue weighted by Crippen LogP contribution is 2.28. The Kier molecular flexibility index (Phi) is 5.71. The summed E-state index contributed by atoms with van der Waals surface area (Å²) >= 11 is 3.41. The molecule has 0 bridgehead atoms. The SMILES string of the molecule is C=CCN1C(=O)N/C(=C/c2ccc(OCc3ccccc3F)c(Br)c2)C1=O. The first-order valence-corrected chi connectivity index (χ1v) is 8.90. The van der Waals surface area contributed by atoms with Gasteiger partial charge in [0, 0.05) is 12.1 Å². The molecule has 5 nitrogen and oxygen atoms in total. The minimum Gasteiger partial charge on any atom is -0.488 e. The molecular weight excluding hydrogens is 415 g/mol. The molecule has 0 aromatic heterocycles. The summed E-state index contributed by atoms with van der Waals surface area (Å²) in [6, 6.07) is 11.1. The molecule has 0 aliphatic carbocycles. The lowest BCUT2D eigenvalue weighted by atomic mass is 10.2. The number of nitrogens with one attached hydrogen (secondary N) is 1. The van der Waals surface area contributed by atoms with E-state index in [2.05, 4.69) is 27.8 Å². The summed E-state index contributed by atoms with van der Waals surface area (Å²) in [5, 5.41) is 2.54. The fraction of sp³-hybridized carbons (Fsp3) is 0.100. The number of urea groups is 1. The van der Waals surface area contributed by atoms with Crippen molar-refractivity contribution in [1.82, 2.24) is 10.2 Å². The van der Waals surface area contributed by atoms with Gasteiger partial charge < -0.3 is 10.1 Å². The van der Waals surface area contributed by atoms with Crippen molar-refractivity contribution in [3.05, 3.63) is 82.2 Å². The lowest BCUT2D eigenvalue weighted by molar-refractivity contribution is -0.122. The average Bonchev–Trinajstić information content (AvgIpc) is 2.90. The highest BCUT2D eigenvalue weighted by molar-refractivity contribution is 9.10. The zero-order valence-corrected chi connectivity index (χ0v) is 15.8. The molecule has 1 fully saturated rings. The number of hydrogen-bond donors (Lipinski definition) is 1. The maximum atomic E-state index is 13.7. The second kappa shape index (κ2) is 8.18. The Labute approximate surface area is 164 Å². The molecule has 27 heavy (non-hydrogen) atoms. The van der Waals surface area contributed by atoms with Crippen LogP contribution in [0, 0.1) is 5.82 Å². The van der Waals surface area contributed by atoms with Gasteiger partial charge in [-0.2, -0.15) is 0 Å². The predicted molar refractivity (Wildman–Crippen MR) is 103 cm³/mol. The highest BCUT2D eigenvalue weighted by Gasteiger charge is 2.32. The topological polar surface area (TPSA) is 58.6 Å². The maximum absolute atomic E-state index is 13.7. The minimum atomic E-state index is -0.477. The molecule has 138 valence electrons. The normalized spacial score (nSPS) is 15.2. The summed E-state index contributed by atoms with van der Waals surface area (Å²) in [6.45, 7) is 3.77. The van der Waals surface area contributed by atoms with Crippen molar-refractivity contribution in [2.45, 2.75) is 6.61 Å². The molecule has 0 spiro atoms. The first-order valence-electron chi connectivity index (χ1n) is 8.11. The Morgan fingerprint density at radius 1 is 1.22 bits per heavy atom. The van der Waals surface area contributed by atoms with Gasteiger partial charge in [-0.25, -0.2) is 9.18 Å². The molecule has 3 rings (SSSR count). The molecule has 1 heterocycles. The van der Waals surface area contributed by atoms with Crippen LogP contribution in [0.15, 0.2) is 65.3 Å². The van der Waals surface area contributed by atoms with Crippen LogP contribution in [0.2, 0.25) is 0 Å². The van der Waals surface area contributed by atoms with Crippen LogP contribution in [0.4, 0.5) is 9.18 Å². The van der Waals surface area contributed by atoms with Crippen LogP contribution < -0.4 is 10.1 Å². The number of imide groups is 1. The van der Waals surface area contributed by atoms with Crippen molar-refractivity contribution < 1.29 is 18.7 Å². The van der Waals surface area contributed by atoms with Gasteiger partial charge in [0.05, 0.1) is 4.47 Å². The van der Waals surface area contributed by atoms with Gasteiger partial charge in [-0.15, -0.1) is 6.58 Å². The maximum Gasteiger partial charge on any atom is 0.329 e. The highest BCUT2D eigenvalue weighted by atomic mass is 79.9. The van der Waals surface area contributed by atoms with Crippen LogP contribution in [0.5, 0.6) is 5.75 Å². The van der Waals surface area contributed by atoms with Crippen molar-refractivity contribution in [1.29, 1.82) is 0 Å². The summed E-state index contributed by atoms with van der Waals surface area (Å²) in [6.07, 6.45) is 3.06. The average molecular weight is 431 g/mol. The van der Waals surface area contributed by atoms with Crippen molar-refractivity contribution >= 4 is 33.9 Å². The summed E-state index contributed by atoms with van der Waals surface area (Å²) in [5.74, 6) is -0.194. The Balaban J connectivity index is 1.73. The molecular formula is C20H16BrFN2O3. The number of ether oxygens (including phenoxy) is 1. The van der Waals surface area contributed by atoms with Gasteiger partial charge >= 0.3 is 6.03 Å².